The standard InChI is InChI=1S/C26H23N5O4S/c1-3-23-30-31-24(32)14-20(29-26(31)36-23)16-35-21-11-10-17(13-22(21)34-4-2)12-18(15-27)25(33)28-19-8-6-5-7-9-19/h5-14H,3-4,16H2,1-2H3,(H,28,33)/b18-12+. The van der Waals surface area contributed by atoms with Gasteiger partial charge in [-0.15, -0.1) is 0 Å². The molecule has 0 aliphatic heterocycles. The lowest BCUT2D eigenvalue weighted by Crippen LogP contribution is -2.16. The van der Waals surface area contributed by atoms with Crippen molar-refractivity contribution in [3.63, 3.8) is 0 Å². The molecule has 4 aromatic rings. The summed E-state index contributed by atoms with van der Waals surface area (Å²) in [5, 5.41) is 17.3. The summed E-state index contributed by atoms with van der Waals surface area (Å²) < 4.78 is 12.9. The zero-order valence-corrected chi connectivity index (χ0v) is 20.5. The summed E-state index contributed by atoms with van der Waals surface area (Å²) in [6.07, 6.45) is 2.20. The number of hydrogen-bond acceptors (Lipinski definition) is 8. The van der Waals surface area contributed by atoms with Crippen LogP contribution in [-0.4, -0.2) is 27.1 Å². The minimum Gasteiger partial charge on any atom is -0.490 e. The van der Waals surface area contributed by atoms with Crippen molar-refractivity contribution in [3.05, 3.63) is 86.8 Å². The zero-order chi connectivity index (χ0) is 25.5. The first-order valence-electron chi connectivity index (χ1n) is 11.3. The van der Waals surface area contributed by atoms with E-state index in [2.05, 4.69) is 15.4 Å². The number of ether oxygens (including phenoxy) is 2. The van der Waals surface area contributed by atoms with E-state index in [0.29, 0.717) is 40.0 Å². The molecule has 0 spiro atoms. The summed E-state index contributed by atoms with van der Waals surface area (Å²) in [5.41, 5.74) is 1.35. The molecule has 0 unspecified atom stereocenters. The molecule has 0 aliphatic carbocycles. The molecule has 0 atom stereocenters. The number of nitrogens with zero attached hydrogens (tertiary/aromatic N) is 4. The summed E-state index contributed by atoms with van der Waals surface area (Å²) >= 11 is 1.37. The van der Waals surface area contributed by atoms with Crippen LogP contribution in [0.5, 0.6) is 11.5 Å². The topological polar surface area (TPSA) is 119 Å². The Labute approximate surface area is 211 Å². The third-order valence-electron chi connectivity index (χ3n) is 4.99. The summed E-state index contributed by atoms with van der Waals surface area (Å²) in [6, 6.07) is 17.3. The Morgan fingerprint density at radius 1 is 1.14 bits per heavy atom. The molecule has 1 N–H and O–H groups in total. The van der Waals surface area contributed by atoms with Gasteiger partial charge in [-0.2, -0.15) is 14.9 Å². The first-order valence-corrected chi connectivity index (χ1v) is 12.1. The molecule has 0 aliphatic rings. The van der Waals surface area contributed by atoms with Gasteiger partial charge in [0, 0.05) is 11.8 Å². The second-order valence-corrected chi connectivity index (χ2v) is 8.59. The van der Waals surface area contributed by atoms with E-state index < -0.39 is 5.91 Å². The molecule has 4 rings (SSSR count). The number of nitriles is 1. The molecular formula is C26H23N5O4S. The van der Waals surface area contributed by atoms with Gasteiger partial charge in [0.15, 0.2) is 11.5 Å². The molecule has 2 aromatic heterocycles. The normalized spacial score (nSPS) is 11.2. The van der Waals surface area contributed by atoms with Gasteiger partial charge in [0.05, 0.1) is 12.3 Å². The van der Waals surface area contributed by atoms with E-state index in [0.717, 1.165) is 11.4 Å². The number of nitrogens with one attached hydrogen (secondary N) is 1. The highest BCUT2D eigenvalue weighted by molar-refractivity contribution is 7.16. The Morgan fingerprint density at radius 2 is 1.94 bits per heavy atom. The van der Waals surface area contributed by atoms with Crippen LogP contribution in [0.1, 0.15) is 30.1 Å². The van der Waals surface area contributed by atoms with Gasteiger partial charge in [0.2, 0.25) is 4.96 Å². The second-order valence-electron chi connectivity index (χ2n) is 7.55. The van der Waals surface area contributed by atoms with E-state index in [1.54, 1.807) is 42.5 Å². The molecule has 182 valence electrons. The van der Waals surface area contributed by atoms with Crippen molar-refractivity contribution in [2.75, 3.05) is 11.9 Å². The SMILES string of the molecule is CCOc1cc(/C=C(\C#N)C(=O)Nc2ccccc2)ccc1OCc1cc(=O)n2nc(CC)sc2n1. The number of carbonyl (C=O) groups is 1. The van der Waals surface area contributed by atoms with Gasteiger partial charge in [0.25, 0.3) is 11.5 Å². The summed E-state index contributed by atoms with van der Waals surface area (Å²) in [7, 11) is 0. The molecular weight excluding hydrogens is 478 g/mol. The van der Waals surface area contributed by atoms with Crippen LogP contribution < -0.4 is 20.3 Å². The van der Waals surface area contributed by atoms with Crippen molar-refractivity contribution < 1.29 is 14.3 Å². The fourth-order valence-corrected chi connectivity index (χ4v) is 4.16. The Bertz CT molecular complexity index is 1520. The van der Waals surface area contributed by atoms with Crippen molar-refractivity contribution in [2.45, 2.75) is 26.9 Å². The van der Waals surface area contributed by atoms with Crippen molar-refractivity contribution in [1.82, 2.24) is 14.6 Å². The molecule has 0 radical (unpaired) electrons. The average molecular weight is 502 g/mol. The van der Waals surface area contributed by atoms with Gasteiger partial charge in [-0.25, -0.2) is 4.98 Å². The van der Waals surface area contributed by atoms with E-state index in [-0.39, 0.29) is 17.7 Å². The predicted molar refractivity (Wildman–Crippen MR) is 137 cm³/mol. The summed E-state index contributed by atoms with van der Waals surface area (Å²) in [5.74, 6) is 0.377. The van der Waals surface area contributed by atoms with E-state index in [4.69, 9.17) is 9.47 Å². The lowest BCUT2D eigenvalue weighted by atomic mass is 10.1. The van der Waals surface area contributed by atoms with Gasteiger partial charge < -0.3 is 14.8 Å². The number of benzene rings is 2. The maximum atomic E-state index is 12.5. The first kappa shape index (κ1) is 24.6. The van der Waals surface area contributed by atoms with Crippen molar-refractivity contribution in [2.24, 2.45) is 0 Å². The van der Waals surface area contributed by atoms with Gasteiger partial charge >= 0.3 is 0 Å². The zero-order valence-electron chi connectivity index (χ0n) is 19.7. The highest BCUT2D eigenvalue weighted by atomic mass is 32.1. The molecule has 0 fully saturated rings. The number of aromatic nitrogens is 3. The van der Waals surface area contributed by atoms with Crippen molar-refractivity contribution in [3.8, 4) is 17.6 Å². The number of rotatable bonds is 9. The van der Waals surface area contributed by atoms with Gasteiger partial charge in [-0.1, -0.05) is 42.5 Å². The monoisotopic (exact) mass is 501 g/mol. The van der Waals surface area contributed by atoms with Gasteiger partial charge in [0.1, 0.15) is 23.3 Å². The highest BCUT2D eigenvalue weighted by Crippen LogP contribution is 2.30. The molecule has 2 aromatic carbocycles. The summed E-state index contributed by atoms with van der Waals surface area (Å²) in [6.45, 7) is 4.25. The van der Waals surface area contributed by atoms with Crippen LogP contribution in [0, 0.1) is 11.3 Å². The Morgan fingerprint density at radius 3 is 2.67 bits per heavy atom. The van der Waals surface area contributed by atoms with E-state index >= 15 is 0 Å². The first-order chi connectivity index (χ1) is 17.5. The number of para-hydroxylation sites is 1. The fraction of sp³-hybridized carbons (Fsp3) is 0.192. The van der Waals surface area contributed by atoms with E-state index in [1.807, 2.05) is 26.0 Å². The summed E-state index contributed by atoms with van der Waals surface area (Å²) in [4.78, 5) is 29.9. The number of carbonyl (C=O) groups excluding carboxylic acids is 1. The lowest BCUT2D eigenvalue weighted by molar-refractivity contribution is -0.112. The quantitative estimate of drug-likeness (QED) is 0.269. The number of fused-ring (bicyclic) bond motifs is 1. The average Bonchev–Trinajstić information content (AvgIpc) is 3.31. The molecule has 9 nitrogen and oxygen atoms in total. The van der Waals surface area contributed by atoms with E-state index in [9.17, 15) is 14.9 Å². The maximum Gasteiger partial charge on any atom is 0.275 e. The smallest absolute Gasteiger partial charge is 0.275 e. The molecule has 0 bridgehead atoms. The van der Waals surface area contributed by atoms with Crippen LogP contribution in [0.15, 0.2) is 65.0 Å². The third-order valence-corrected chi connectivity index (χ3v) is 6.05. The van der Waals surface area contributed by atoms with Gasteiger partial charge in [-0.3, -0.25) is 9.59 Å². The molecule has 36 heavy (non-hydrogen) atoms. The maximum absolute atomic E-state index is 12.5. The van der Waals surface area contributed by atoms with Crippen LogP contribution in [-0.2, 0) is 17.8 Å². The predicted octanol–water partition coefficient (Wildman–Crippen LogP) is 4.24. The van der Waals surface area contributed by atoms with Crippen LogP contribution in [0.25, 0.3) is 11.0 Å². The Kier molecular flexibility index (Phi) is 7.72. The van der Waals surface area contributed by atoms with E-state index in [1.165, 1.54) is 28.0 Å². The third kappa shape index (κ3) is 5.76. The molecule has 1 amide bonds. The van der Waals surface area contributed by atoms with Crippen LogP contribution in [0.2, 0.25) is 0 Å². The molecule has 10 heteroatoms. The number of amides is 1. The Hall–Kier alpha value is -4.49. The van der Waals surface area contributed by atoms with Gasteiger partial charge in [-0.05, 0) is 49.2 Å². The number of anilines is 1. The highest BCUT2D eigenvalue weighted by Gasteiger charge is 2.13. The molecule has 2 heterocycles. The Balaban J connectivity index is 1.53. The van der Waals surface area contributed by atoms with Crippen LogP contribution >= 0.6 is 11.3 Å². The minimum atomic E-state index is -0.510. The van der Waals surface area contributed by atoms with Crippen LogP contribution in [0.4, 0.5) is 5.69 Å². The molecule has 0 saturated carbocycles. The fourth-order valence-electron chi connectivity index (χ4n) is 3.30. The van der Waals surface area contributed by atoms with Crippen molar-refractivity contribution >= 4 is 34.0 Å². The van der Waals surface area contributed by atoms with Crippen LogP contribution in [0.3, 0.4) is 0 Å². The number of hydrogen-bond donors (Lipinski definition) is 1. The molecule has 0 saturated heterocycles. The van der Waals surface area contributed by atoms with Crippen molar-refractivity contribution in [1.29, 1.82) is 5.26 Å². The lowest BCUT2D eigenvalue weighted by Gasteiger charge is -2.12. The minimum absolute atomic E-state index is 0.0519. The number of aryl methyl sites for hydroxylation is 1. The largest absolute Gasteiger partial charge is 0.490 e. The second kappa shape index (κ2) is 11.3.